The molecule has 0 spiro atoms. The Hall–Kier alpha value is -1.11. The number of hydrogen-bond acceptors (Lipinski definition) is 4. The molecule has 0 aliphatic heterocycles. The number of sulfonamides is 1. The Labute approximate surface area is 108 Å². The van der Waals surface area contributed by atoms with Crippen molar-refractivity contribution in [3.63, 3.8) is 0 Å². The van der Waals surface area contributed by atoms with E-state index in [-0.39, 0.29) is 11.4 Å². The van der Waals surface area contributed by atoms with Crippen molar-refractivity contribution < 1.29 is 13.2 Å². The van der Waals surface area contributed by atoms with Crippen LogP contribution in [0.2, 0.25) is 0 Å². The predicted octanol–water partition coefficient (Wildman–Crippen LogP) is 1.02. The molecule has 0 atom stereocenters. The molecule has 0 bridgehead atoms. The van der Waals surface area contributed by atoms with Gasteiger partial charge in [0.15, 0.2) is 0 Å². The lowest BCUT2D eigenvalue weighted by Crippen LogP contribution is -2.48. The highest BCUT2D eigenvalue weighted by Crippen LogP contribution is 2.25. The van der Waals surface area contributed by atoms with Crippen molar-refractivity contribution in [2.45, 2.75) is 31.2 Å². The molecule has 0 saturated heterocycles. The Bertz CT molecular complexity index is 524. The summed E-state index contributed by atoms with van der Waals surface area (Å²) >= 11 is 0. The summed E-state index contributed by atoms with van der Waals surface area (Å²) in [5.41, 5.74) is 5.68. The van der Waals surface area contributed by atoms with Crippen LogP contribution in [0.5, 0.6) is 5.75 Å². The van der Waals surface area contributed by atoms with Gasteiger partial charge in [-0.15, -0.1) is 0 Å². The fraction of sp³-hybridized carbons (Fsp3) is 0.500. The van der Waals surface area contributed by atoms with Crippen molar-refractivity contribution >= 4 is 10.0 Å². The lowest BCUT2D eigenvalue weighted by Gasteiger charge is -2.24. The number of rotatable bonds is 5. The van der Waals surface area contributed by atoms with E-state index in [1.165, 1.54) is 7.11 Å². The Kier molecular flexibility index (Phi) is 4.37. The number of nitrogens with one attached hydrogen (secondary N) is 1. The molecule has 0 radical (unpaired) electrons. The first kappa shape index (κ1) is 14.9. The molecule has 0 aliphatic carbocycles. The third kappa shape index (κ3) is 3.44. The van der Waals surface area contributed by atoms with Gasteiger partial charge in [-0.05, 0) is 38.5 Å². The van der Waals surface area contributed by atoms with Gasteiger partial charge in [-0.2, -0.15) is 0 Å². The topological polar surface area (TPSA) is 81.4 Å². The number of benzene rings is 1. The molecule has 0 heterocycles. The van der Waals surface area contributed by atoms with Gasteiger partial charge in [0.25, 0.3) is 0 Å². The summed E-state index contributed by atoms with van der Waals surface area (Å²) in [6.45, 7) is 5.49. The average molecular weight is 272 g/mol. The Balaban J connectivity index is 3.24. The quantitative estimate of drug-likeness (QED) is 0.838. The minimum absolute atomic E-state index is 0.131. The third-order valence-corrected chi connectivity index (χ3v) is 4.25. The zero-order valence-electron chi connectivity index (χ0n) is 11.1. The highest BCUT2D eigenvalue weighted by Gasteiger charge is 2.27. The molecule has 0 aromatic heterocycles. The molecular formula is C12H20N2O3S. The van der Waals surface area contributed by atoms with E-state index >= 15 is 0 Å². The Morgan fingerprint density at radius 3 is 2.50 bits per heavy atom. The van der Waals surface area contributed by atoms with Crippen LogP contribution in [0.25, 0.3) is 0 Å². The van der Waals surface area contributed by atoms with Crippen LogP contribution in [0.3, 0.4) is 0 Å². The van der Waals surface area contributed by atoms with Crippen LogP contribution < -0.4 is 15.2 Å². The van der Waals surface area contributed by atoms with E-state index in [0.717, 1.165) is 5.56 Å². The van der Waals surface area contributed by atoms with Crippen LogP contribution in [0.4, 0.5) is 0 Å². The second kappa shape index (κ2) is 5.26. The SMILES string of the molecule is COc1ccc(C)cc1S(=O)(=O)NC(C)(C)CN. The molecule has 6 heteroatoms. The molecule has 1 aromatic carbocycles. The number of aryl methyl sites for hydroxylation is 1. The number of ether oxygens (including phenoxy) is 1. The van der Waals surface area contributed by atoms with E-state index in [1.807, 2.05) is 6.92 Å². The molecular weight excluding hydrogens is 252 g/mol. The fourth-order valence-corrected chi connectivity index (χ4v) is 3.13. The molecule has 0 aliphatic rings. The van der Waals surface area contributed by atoms with E-state index in [2.05, 4.69) is 4.72 Å². The van der Waals surface area contributed by atoms with Gasteiger partial charge in [-0.3, -0.25) is 0 Å². The molecule has 102 valence electrons. The molecule has 1 aromatic rings. The van der Waals surface area contributed by atoms with Gasteiger partial charge in [0.2, 0.25) is 10.0 Å². The van der Waals surface area contributed by atoms with Crippen molar-refractivity contribution in [1.82, 2.24) is 4.72 Å². The standard InChI is InChI=1S/C12H20N2O3S/c1-9-5-6-10(17-4)11(7-9)18(15,16)14-12(2,3)8-13/h5-7,14H,8,13H2,1-4H3. The fourth-order valence-electron chi connectivity index (χ4n) is 1.45. The van der Waals surface area contributed by atoms with E-state index in [0.29, 0.717) is 5.75 Å². The second-order valence-corrected chi connectivity index (χ2v) is 6.50. The molecule has 0 saturated carbocycles. The first-order valence-corrected chi connectivity index (χ1v) is 7.09. The number of methoxy groups -OCH3 is 1. The van der Waals surface area contributed by atoms with E-state index in [1.54, 1.807) is 32.0 Å². The Morgan fingerprint density at radius 2 is 2.00 bits per heavy atom. The van der Waals surface area contributed by atoms with E-state index in [4.69, 9.17) is 10.5 Å². The number of hydrogen-bond donors (Lipinski definition) is 2. The highest BCUT2D eigenvalue weighted by atomic mass is 32.2. The zero-order valence-corrected chi connectivity index (χ0v) is 12.0. The summed E-state index contributed by atoms with van der Waals surface area (Å²) < 4.78 is 32.2. The van der Waals surface area contributed by atoms with E-state index < -0.39 is 15.6 Å². The van der Waals surface area contributed by atoms with Crippen LogP contribution in [0.1, 0.15) is 19.4 Å². The minimum Gasteiger partial charge on any atom is -0.495 e. The van der Waals surface area contributed by atoms with E-state index in [9.17, 15) is 8.42 Å². The summed E-state index contributed by atoms with van der Waals surface area (Å²) in [5, 5.41) is 0. The average Bonchev–Trinajstić information content (AvgIpc) is 2.28. The van der Waals surface area contributed by atoms with Crippen molar-refractivity contribution in [2.24, 2.45) is 5.73 Å². The summed E-state index contributed by atoms with van der Waals surface area (Å²) in [4.78, 5) is 0.131. The summed E-state index contributed by atoms with van der Waals surface area (Å²) in [7, 11) is -2.21. The van der Waals surface area contributed by atoms with Gasteiger partial charge in [0.1, 0.15) is 10.6 Å². The van der Waals surface area contributed by atoms with Crippen molar-refractivity contribution in [3.8, 4) is 5.75 Å². The Morgan fingerprint density at radius 1 is 1.39 bits per heavy atom. The van der Waals surface area contributed by atoms with Crippen LogP contribution in [0, 0.1) is 6.92 Å². The van der Waals surface area contributed by atoms with Gasteiger partial charge in [0.05, 0.1) is 7.11 Å². The molecule has 18 heavy (non-hydrogen) atoms. The molecule has 1 rings (SSSR count). The normalized spacial score (nSPS) is 12.5. The van der Waals surface area contributed by atoms with Gasteiger partial charge < -0.3 is 10.5 Å². The predicted molar refractivity (Wildman–Crippen MR) is 71.2 cm³/mol. The monoisotopic (exact) mass is 272 g/mol. The summed E-state index contributed by atoms with van der Waals surface area (Å²) in [6, 6.07) is 5.01. The van der Waals surface area contributed by atoms with Crippen LogP contribution in [0.15, 0.2) is 23.1 Å². The maximum Gasteiger partial charge on any atom is 0.244 e. The van der Waals surface area contributed by atoms with Gasteiger partial charge in [-0.1, -0.05) is 6.07 Å². The molecule has 5 nitrogen and oxygen atoms in total. The smallest absolute Gasteiger partial charge is 0.244 e. The first-order chi connectivity index (χ1) is 8.22. The van der Waals surface area contributed by atoms with Crippen LogP contribution in [-0.4, -0.2) is 27.6 Å². The first-order valence-electron chi connectivity index (χ1n) is 5.60. The van der Waals surface area contributed by atoms with Crippen LogP contribution >= 0.6 is 0 Å². The molecule has 0 unspecified atom stereocenters. The van der Waals surface area contributed by atoms with Gasteiger partial charge in [-0.25, -0.2) is 13.1 Å². The maximum atomic E-state index is 12.3. The van der Waals surface area contributed by atoms with Crippen molar-refractivity contribution in [3.05, 3.63) is 23.8 Å². The van der Waals surface area contributed by atoms with Crippen molar-refractivity contribution in [2.75, 3.05) is 13.7 Å². The van der Waals surface area contributed by atoms with Gasteiger partial charge in [0, 0.05) is 12.1 Å². The summed E-state index contributed by atoms with van der Waals surface area (Å²) in [5.74, 6) is 0.320. The zero-order chi connectivity index (χ0) is 14.0. The molecule has 0 fully saturated rings. The molecule has 0 amide bonds. The lowest BCUT2D eigenvalue weighted by atomic mass is 10.1. The maximum absolute atomic E-state index is 12.3. The second-order valence-electron chi connectivity index (χ2n) is 4.85. The largest absolute Gasteiger partial charge is 0.495 e. The highest BCUT2D eigenvalue weighted by molar-refractivity contribution is 7.89. The minimum atomic E-state index is -3.65. The van der Waals surface area contributed by atoms with Crippen LogP contribution in [-0.2, 0) is 10.0 Å². The third-order valence-electron chi connectivity index (χ3n) is 2.53. The van der Waals surface area contributed by atoms with Gasteiger partial charge >= 0.3 is 0 Å². The summed E-state index contributed by atoms with van der Waals surface area (Å²) in [6.07, 6.45) is 0. The number of nitrogens with two attached hydrogens (primary N) is 1. The molecule has 3 N–H and O–H groups in total. The van der Waals surface area contributed by atoms with Crippen molar-refractivity contribution in [1.29, 1.82) is 0 Å². The lowest BCUT2D eigenvalue weighted by molar-refractivity contribution is 0.400.